The number of para-hydroxylation sites is 2. The molecule has 0 spiro atoms. The van der Waals surface area contributed by atoms with E-state index in [-0.39, 0.29) is 50.1 Å². The van der Waals surface area contributed by atoms with Gasteiger partial charge in [0.2, 0.25) is 0 Å². The van der Waals surface area contributed by atoms with Crippen molar-refractivity contribution >= 4 is 32.8 Å². The summed E-state index contributed by atoms with van der Waals surface area (Å²) in [6.07, 6.45) is -6.10. The predicted octanol–water partition coefficient (Wildman–Crippen LogP) is 18.1. The van der Waals surface area contributed by atoms with E-state index >= 15 is 0 Å². The lowest BCUT2D eigenvalue weighted by Gasteiger charge is -2.42. The fourth-order valence-electron chi connectivity index (χ4n) is 10.4. The fourth-order valence-corrected chi connectivity index (χ4v) is 10.4. The van der Waals surface area contributed by atoms with E-state index in [1.165, 1.54) is 29.1 Å². The van der Waals surface area contributed by atoms with Crippen LogP contribution in [-0.2, 0) is 21.7 Å². The fraction of sp³-hybridized carbons (Fsp3) is 0.229. The lowest BCUT2D eigenvalue weighted by molar-refractivity contribution is -0.566. The quantitative estimate of drug-likeness (QED) is 0.161. The summed E-state index contributed by atoms with van der Waals surface area (Å²) >= 11 is 0. The molecule has 0 saturated carbocycles. The molecule has 1 aliphatic heterocycles. The van der Waals surface area contributed by atoms with Crippen LogP contribution in [0.3, 0.4) is 0 Å². The minimum atomic E-state index is -4.68. The van der Waals surface area contributed by atoms with Crippen molar-refractivity contribution in [2.24, 2.45) is 0 Å². The van der Waals surface area contributed by atoms with Crippen LogP contribution in [0.25, 0.3) is 94.5 Å². The van der Waals surface area contributed by atoms with Gasteiger partial charge in [-0.05, 0) is 151 Å². The van der Waals surface area contributed by atoms with Crippen LogP contribution in [0.5, 0.6) is 11.5 Å². The van der Waals surface area contributed by atoms with E-state index in [0.29, 0.717) is 17.3 Å². The molecule has 0 amide bonds. The van der Waals surface area contributed by atoms with E-state index < -0.39 is 162 Å². The molecule has 0 unspecified atom stereocenters. The molecule has 0 radical (unpaired) electrons. The third-order valence-corrected chi connectivity index (χ3v) is 14.2. The number of hydrogen-bond donors (Lipinski definition) is 0. The molecular weight excluding hydrogens is 913 g/mol. The summed E-state index contributed by atoms with van der Waals surface area (Å²) in [5.74, 6) is 1.33. The number of fused-ring (bicyclic) bond motifs is 11. The number of aromatic nitrogens is 4. The molecule has 2 aliphatic rings. The molecule has 13 rings (SSSR count). The zero-order chi connectivity index (χ0) is 74.9. The van der Waals surface area contributed by atoms with Crippen LogP contribution in [0.4, 0.5) is 0 Å². The number of rotatable bonds is 5. The Bertz CT molecular complexity index is 5420. The molecule has 3 aromatic heterocycles. The van der Waals surface area contributed by atoms with E-state index in [1.807, 2.05) is 54.6 Å². The minimum Gasteiger partial charge on any atom is -0.457 e. The van der Waals surface area contributed by atoms with Crippen LogP contribution in [0.1, 0.15) is 141 Å². The summed E-state index contributed by atoms with van der Waals surface area (Å²) in [7, 11) is 0. The van der Waals surface area contributed by atoms with Crippen molar-refractivity contribution in [2.45, 2.75) is 103 Å². The summed E-state index contributed by atoms with van der Waals surface area (Å²) in [6.45, 7) is -6.17. The molecule has 11 aromatic rings. The highest BCUT2D eigenvalue weighted by Crippen LogP contribution is 2.50. The van der Waals surface area contributed by atoms with Gasteiger partial charge in [0, 0.05) is 67.7 Å². The van der Waals surface area contributed by atoms with Crippen LogP contribution in [0.15, 0.2) is 188 Å². The van der Waals surface area contributed by atoms with Crippen molar-refractivity contribution in [1.29, 1.82) is 0 Å². The lowest BCUT2D eigenvalue weighted by atomic mass is 9.63. The second-order valence-corrected chi connectivity index (χ2v) is 21.2. The Labute approximate surface area is 479 Å². The Morgan fingerprint density at radius 1 is 0.573 bits per heavy atom. The summed E-state index contributed by atoms with van der Waals surface area (Å²) in [4.78, 5) is 4.82. The molecule has 0 N–H and O–H groups in total. The van der Waals surface area contributed by atoms with Crippen molar-refractivity contribution in [3.63, 3.8) is 0 Å². The Morgan fingerprint density at radius 3 is 1.95 bits per heavy atom. The first-order chi connectivity index (χ1) is 47.1. The van der Waals surface area contributed by atoms with E-state index in [9.17, 15) is 20.6 Å². The summed E-state index contributed by atoms with van der Waals surface area (Å²) in [5.41, 5.74) is -14.2. The standard InChI is InChI=1S/C70H65N4O/c1-67(2,3)45-33-36-71-64(40-45)74-61-27-16-15-25-54(61)55-31-30-49(42-63(55)74)75-48-20-17-19-47(41-48)72-43-73-65-57(44-29-32-59-60(37-44)70(9,10)35-34-69(59,7)8)38-46(68(4,5)6)39-58(65)53-24-14-12-22-51(53)50-21-11-13-23-52(50)56-26-18-28-62(72)66(56)73/h11-33,36-43H,34-35H2,1-10H3/q+1/i7D3,8D3,9D3,10D3,11D,12D,13D,14D,21D,22D,23D,24D,29D,32D,34D2,35D2,37D. The molecule has 0 saturated heterocycles. The third kappa shape index (κ3) is 7.64. The maximum Gasteiger partial charge on any atom is 0.255 e. The first-order valence-corrected chi connectivity index (χ1v) is 24.5. The van der Waals surface area contributed by atoms with Crippen LogP contribution < -0.4 is 9.30 Å². The van der Waals surface area contributed by atoms with Gasteiger partial charge < -0.3 is 4.74 Å². The van der Waals surface area contributed by atoms with Gasteiger partial charge in [0.15, 0.2) is 11.0 Å². The van der Waals surface area contributed by atoms with Crippen molar-refractivity contribution < 1.29 is 46.3 Å². The summed E-state index contributed by atoms with van der Waals surface area (Å²) in [6, 6.07) is 21.0. The van der Waals surface area contributed by atoms with Gasteiger partial charge in [-0.15, -0.1) is 0 Å². The third-order valence-electron chi connectivity index (χ3n) is 14.2. The number of imidazole rings is 1. The lowest BCUT2D eigenvalue weighted by Crippen LogP contribution is -2.34. The summed E-state index contributed by atoms with van der Waals surface area (Å²) in [5, 5.41) is 1.86. The monoisotopic (exact) mass is 1000 g/mol. The molecular formula is C70H65N4O+. The van der Waals surface area contributed by atoms with Gasteiger partial charge in [-0.2, -0.15) is 9.13 Å². The first-order valence-electron chi connectivity index (χ1n) is 38.0. The second-order valence-electron chi connectivity index (χ2n) is 21.2. The van der Waals surface area contributed by atoms with E-state index in [2.05, 4.69) is 25.3 Å². The number of hydrogen-bond acceptors (Lipinski definition) is 2. The van der Waals surface area contributed by atoms with Gasteiger partial charge in [-0.3, -0.25) is 4.57 Å². The van der Waals surface area contributed by atoms with E-state index in [4.69, 9.17) is 26.2 Å². The average molecular weight is 1010 g/mol. The van der Waals surface area contributed by atoms with Gasteiger partial charge in [0.05, 0.1) is 26.1 Å². The van der Waals surface area contributed by atoms with Crippen LogP contribution >= 0.6 is 0 Å². The highest BCUT2D eigenvalue weighted by Gasteiger charge is 2.38. The van der Waals surface area contributed by atoms with Crippen molar-refractivity contribution in [1.82, 2.24) is 14.1 Å². The molecule has 1 aliphatic carbocycles. The van der Waals surface area contributed by atoms with Gasteiger partial charge in [-0.25, -0.2) is 4.98 Å². The zero-order valence-corrected chi connectivity index (χ0v) is 41.7. The molecule has 0 fully saturated rings. The van der Waals surface area contributed by atoms with Crippen molar-refractivity contribution in [3.05, 3.63) is 210 Å². The minimum absolute atomic E-state index is 0.00129. The normalized spacial score (nSPS) is 21.9. The Hall–Kier alpha value is -8.02. The SMILES string of the molecule is [2H]c1c([2H])c([2H])c2c(c1[2H])-c1cc(C(C)(C)C)cc(-c3c([2H])c([2H])c4c(c3[2H])C(C([2H])([2H])[2H])(C([2H])([2H])[2H])C([2H])([2H])C([2H])([2H])C4(C([2H])([2H])[2H])C([2H])([2H])[2H])c1-[n+]1cn(-c3cccc(Oc4ccc5c6ccccc6n(-c6cc(C(C)(C)C)ccn6)c5c4)c3)c3cccc(c31)-c1c([2H])c([2H])c([2H])c([2H])c1-2. The Balaban J connectivity index is 1.20. The average Bonchev–Trinajstić information content (AvgIpc) is 0.740. The molecule has 75 heavy (non-hydrogen) atoms. The van der Waals surface area contributed by atoms with Crippen molar-refractivity contribution in [3.8, 4) is 73.2 Å². The van der Waals surface area contributed by atoms with Crippen LogP contribution in [0, 0.1) is 0 Å². The molecule has 5 heteroatoms. The smallest absolute Gasteiger partial charge is 0.255 e. The van der Waals surface area contributed by atoms with Crippen molar-refractivity contribution in [2.75, 3.05) is 0 Å². The van der Waals surface area contributed by atoms with Gasteiger partial charge in [-0.1, -0.05) is 166 Å². The Morgan fingerprint density at radius 2 is 1.21 bits per heavy atom. The second kappa shape index (κ2) is 16.7. The molecule has 370 valence electrons. The predicted molar refractivity (Wildman–Crippen MR) is 311 cm³/mol. The number of pyridine rings is 1. The van der Waals surface area contributed by atoms with Gasteiger partial charge in [0.25, 0.3) is 6.33 Å². The highest BCUT2D eigenvalue weighted by molar-refractivity contribution is 6.09. The van der Waals surface area contributed by atoms with Crippen LogP contribution in [0.2, 0.25) is 0 Å². The molecule has 0 bridgehead atoms. The summed E-state index contributed by atoms with van der Waals surface area (Å²) < 4.78 is 266. The van der Waals surface area contributed by atoms with E-state index in [1.54, 1.807) is 67.9 Å². The molecule has 4 heterocycles. The zero-order valence-electron chi connectivity index (χ0n) is 68.7. The van der Waals surface area contributed by atoms with E-state index in [0.717, 1.165) is 27.4 Å². The molecule has 0 atom stereocenters. The number of nitrogens with zero attached hydrogens (tertiary/aromatic N) is 4. The molecule has 8 aromatic carbocycles. The highest BCUT2D eigenvalue weighted by atomic mass is 16.5. The number of benzene rings is 8. The molecule has 5 nitrogen and oxygen atoms in total. The Kier molecular flexibility index (Phi) is 5.80. The first kappa shape index (κ1) is 26.0. The van der Waals surface area contributed by atoms with Crippen LogP contribution in [-0.4, -0.2) is 14.1 Å². The number of ether oxygens (including phenoxy) is 1. The van der Waals surface area contributed by atoms with Gasteiger partial charge >= 0.3 is 0 Å². The van der Waals surface area contributed by atoms with Gasteiger partial charge in [0.1, 0.15) is 28.7 Å². The maximum atomic E-state index is 10.6. The topological polar surface area (TPSA) is 35.9 Å². The largest absolute Gasteiger partial charge is 0.457 e. The maximum absolute atomic E-state index is 10.6.